The van der Waals surface area contributed by atoms with Crippen molar-refractivity contribution in [1.29, 1.82) is 5.26 Å². The van der Waals surface area contributed by atoms with Gasteiger partial charge in [0.1, 0.15) is 17.8 Å². The van der Waals surface area contributed by atoms with Gasteiger partial charge in [0.15, 0.2) is 0 Å². The van der Waals surface area contributed by atoms with Crippen LogP contribution < -0.4 is 10.5 Å². The predicted molar refractivity (Wildman–Crippen MR) is 118 cm³/mol. The third-order valence-electron chi connectivity index (χ3n) is 7.27. The first-order valence-electron chi connectivity index (χ1n) is 11.6. The Hall–Kier alpha value is -3.04. The average molecular weight is 420 g/mol. The molecule has 1 unspecified atom stereocenters. The largest absolute Gasteiger partial charge is 0.497 e. The Morgan fingerprint density at radius 3 is 2.84 bits per heavy atom. The molecule has 0 aromatic heterocycles. The van der Waals surface area contributed by atoms with Gasteiger partial charge in [-0.25, -0.2) is 4.99 Å². The smallest absolute Gasteiger partial charge is 0.283 e. The second-order valence-electron chi connectivity index (χ2n) is 9.04. The molecule has 2 aromatic carbocycles. The van der Waals surface area contributed by atoms with Crippen molar-refractivity contribution in [1.82, 2.24) is 0 Å². The fourth-order valence-corrected chi connectivity index (χ4v) is 5.70. The number of nitriles is 1. The van der Waals surface area contributed by atoms with E-state index >= 15 is 0 Å². The van der Waals surface area contributed by atoms with Crippen LogP contribution >= 0.6 is 0 Å². The van der Waals surface area contributed by atoms with E-state index in [-0.39, 0.29) is 11.9 Å². The Bertz CT molecular complexity index is 1210. The van der Waals surface area contributed by atoms with Crippen molar-refractivity contribution in [3.05, 3.63) is 53.1 Å². The van der Waals surface area contributed by atoms with Gasteiger partial charge >= 0.3 is 0 Å². The summed E-state index contributed by atoms with van der Waals surface area (Å²) in [5, 5.41) is 19.9. The van der Waals surface area contributed by atoms with Gasteiger partial charge < -0.3 is 20.3 Å². The molecule has 4 atom stereocenters. The molecule has 1 saturated carbocycles. The average Bonchev–Trinajstić information content (AvgIpc) is 3.20. The Morgan fingerprint density at radius 1 is 1.32 bits per heavy atom. The number of aliphatic imine (C=N–C) groups is 1. The topological polar surface area (TPSA) is 101 Å². The number of ether oxygens (including phenoxy) is 2. The lowest BCUT2D eigenvalue weighted by atomic mass is 9.59. The van der Waals surface area contributed by atoms with Gasteiger partial charge in [-0.15, -0.1) is 0 Å². The van der Waals surface area contributed by atoms with Crippen LogP contribution in [0.25, 0.3) is 11.1 Å². The van der Waals surface area contributed by atoms with E-state index in [1.807, 2.05) is 31.2 Å². The molecule has 6 nitrogen and oxygen atoms in total. The van der Waals surface area contributed by atoms with E-state index in [9.17, 15) is 10.4 Å². The normalized spacial score (nSPS) is 33.8. The van der Waals surface area contributed by atoms with Crippen molar-refractivity contribution in [2.75, 3.05) is 13.7 Å². The fourth-order valence-electron chi connectivity index (χ4n) is 5.70. The Kier molecular flexibility index (Phi) is 3.98. The van der Waals surface area contributed by atoms with E-state index in [4.69, 9.17) is 22.9 Å². The fraction of sp³-hybridized carbons (Fsp3) is 0.440. The van der Waals surface area contributed by atoms with Gasteiger partial charge in [0.05, 0.1) is 27.6 Å². The molecule has 0 saturated heterocycles. The van der Waals surface area contributed by atoms with Crippen molar-refractivity contribution < 1.29 is 17.3 Å². The summed E-state index contributed by atoms with van der Waals surface area (Å²) in [6, 6.07) is 13.3. The standard InChI is InChI=1S/C25H27N3O3/c1-15-11-24(6-5-22(15)29)12-18-4-3-17(10-21(18)25(24)14-31-23(27)28-25)19-7-16(13-26)8-20(9-19)30-2/h3-4,7-10,15,22,29H,5-6,11-12,14H2,1-2H3,(H2,27,28)/t15-,22-,24-,25?/m0/s1/i14D2. The van der Waals surface area contributed by atoms with E-state index in [2.05, 4.69) is 6.07 Å². The third-order valence-corrected chi connectivity index (χ3v) is 7.27. The number of hydrogen-bond acceptors (Lipinski definition) is 6. The highest BCUT2D eigenvalue weighted by Crippen LogP contribution is 2.62. The molecule has 1 aliphatic heterocycles. The second kappa shape index (κ2) is 7.00. The lowest BCUT2D eigenvalue weighted by Gasteiger charge is -2.47. The van der Waals surface area contributed by atoms with Gasteiger partial charge in [-0.3, -0.25) is 0 Å². The first kappa shape index (κ1) is 17.6. The molecule has 0 amide bonds. The highest BCUT2D eigenvalue weighted by atomic mass is 16.5. The van der Waals surface area contributed by atoms with Crippen molar-refractivity contribution in [3.8, 4) is 22.9 Å². The molecule has 31 heavy (non-hydrogen) atoms. The number of methoxy groups -OCH3 is 1. The van der Waals surface area contributed by atoms with E-state index in [0.29, 0.717) is 37.0 Å². The van der Waals surface area contributed by atoms with Gasteiger partial charge in [0.25, 0.3) is 6.02 Å². The van der Waals surface area contributed by atoms with Crippen LogP contribution in [0.1, 0.15) is 45.6 Å². The summed E-state index contributed by atoms with van der Waals surface area (Å²) in [6.07, 6.45) is 2.05. The van der Waals surface area contributed by atoms with Crippen LogP contribution in [0.5, 0.6) is 5.75 Å². The molecule has 2 spiro atoms. The zero-order valence-electron chi connectivity index (χ0n) is 19.7. The molecule has 160 valence electrons. The van der Waals surface area contributed by atoms with Crippen LogP contribution in [-0.2, 0) is 16.7 Å². The number of benzene rings is 2. The molecular weight excluding hydrogens is 390 g/mol. The minimum atomic E-state index is -2.13. The quantitative estimate of drug-likeness (QED) is 0.776. The molecule has 5 rings (SSSR count). The number of hydrogen-bond donors (Lipinski definition) is 2. The maximum atomic E-state index is 10.4. The van der Waals surface area contributed by atoms with Crippen molar-refractivity contribution >= 4 is 6.02 Å². The first-order valence-corrected chi connectivity index (χ1v) is 10.6. The van der Waals surface area contributed by atoms with E-state index < -0.39 is 23.6 Å². The van der Waals surface area contributed by atoms with Crippen LogP contribution in [0, 0.1) is 22.7 Å². The predicted octanol–water partition coefficient (Wildman–Crippen LogP) is 3.50. The number of nitrogens with zero attached hydrogens (tertiary/aromatic N) is 2. The minimum absolute atomic E-state index is 0.00815. The number of amidine groups is 1. The molecule has 1 fully saturated rings. The van der Waals surface area contributed by atoms with Gasteiger partial charge in [-0.05, 0) is 78.1 Å². The lowest BCUT2D eigenvalue weighted by Crippen LogP contribution is -2.48. The SMILES string of the molecule is [2H]C1([2H])OC(N)=NC12c1cc(-c3cc(C#N)cc(OC)c3)ccc1C[C@@]21CC[C@H](O)[C@@H](C)C1. The molecule has 3 aliphatic rings. The van der Waals surface area contributed by atoms with Crippen LogP contribution in [-0.4, -0.2) is 30.9 Å². The third kappa shape index (κ3) is 2.91. The molecule has 2 aromatic rings. The number of aliphatic hydroxyl groups excluding tert-OH is 1. The summed E-state index contributed by atoms with van der Waals surface area (Å²) < 4.78 is 28.7. The summed E-state index contributed by atoms with van der Waals surface area (Å²) in [4.78, 5) is 4.69. The lowest BCUT2D eigenvalue weighted by molar-refractivity contribution is -0.0253. The van der Waals surface area contributed by atoms with Crippen LogP contribution in [0.4, 0.5) is 0 Å². The molecule has 2 aliphatic carbocycles. The Balaban J connectivity index is 1.71. The molecule has 0 bridgehead atoms. The van der Waals surface area contributed by atoms with E-state index in [1.54, 1.807) is 19.2 Å². The van der Waals surface area contributed by atoms with E-state index in [1.165, 1.54) is 0 Å². The number of nitrogens with two attached hydrogens (primary N) is 1. The summed E-state index contributed by atoms with van der Waals surface area (Å²) in [6.45, 7) is -0.124. The molecule has 3 N–H and O–H groups in total. The minimum Gasteiger partial charge on any atom is -0.497 e. The van der Waals surface area contributed by atoms with Crippen molar-refractivity contribution in [3.63, 3.8) is 0 Å². The maximum Gasteiger partial charge on any atom is 0.283 e. The maximum absolute atomic E-state index is 10.4. The van der Waals surface area contributed by atoms with Gasteiger partial charge in [-0.1, -0.05) is 19.1 Å². The molecule has 1 heterocycles. The monoisotopic (exact) mass is 419 g/mol. The number of fused-ring (bicyclic) bond motifs is 3. The van der Waals surface area contributed by atoms with Gasteiger partial charge in [0.2, 0.25) is 0 Å². The summed E-state index contributed by atoms with van der Waals surface area (Å²) in [5.41, 5.74) is 8.01. The highest BCUT2D eigenvalue weighted by molar-refractivity contribution is 5.76. The van der Waals surface area contributed by atoms with Crippen LogP contribution in [0.3, 0.4) is 0 Å². The first-order chi connectivity index (χ1) is 15.6. The van der Waals surface area contributed by atoms with Crippen molar-refractivity contribution in [2.45, 2.75) is 44.2 Å². The molecule has 0 radical (unpaired) electrons. The molecule has 6 heteroatoms. The summed E-state index contributed by atoms with van der Waals surface area (Å²) in [7, 11) is 1.56. The summed E-state index contributed by atoms with van der Waals surface area (Å²) >= 11 is 0. The van der Waals surface area contributed by atoms with Crippen LogP contribution in [0.2, 0.25) is 0 Å². The summed E-state index contributed by atoms with van der Waals surface area (Å²) in [5.74, 6) is 0.585. The van der Waals surface area contributed by atoms with Crippen LogP contribution in [0.15, 0.2) is 41.4 Å². The zero-order chi connectivity index (χ0) is 23.6. The zero-order valence-corrected chi connectivity index (χ0v) is 17.7. The Morgan fingerprint density at radius 2 is 2.16 bits per heavy atom. The van der Waals surface area contributed by atoms with Gasteiger partial charge in [-0.2, -0.15) is 5.26 Å². The Labute approximate surface area is 185 Å². The molecular formula is C25H27N3O3. The number of aliphatic hydroxyl groups is 1. The number of rotatable bonds is 2. The van der Waals surface area contributed by atoms with E-state index in [0.717, 1.165) is 22.3 Å². The highest BCUT2D eigenvalue weighted by Gasteiger charge is 2.62. The second-order valence-corrected chi connectivity index (χ2v) is 9.04. The van der Waals surface area contributed by atoms with Crippen molar-refractivity contribution in [2.24, 2.45) is 22.1 Å². The van der Waals surface area contributed by atoms with Gasteiger partial charge in [0, 0.05) is 5.41 Å².